The Labute approximate surface area is 129 Å². The first-order valence-electron chi connectivity index (χ1n) is 5.66. The zero-order chi connectivity index (χ0) is 14.0. The average Bonchev–Trinajstić information content (AvgIpc) is 2.74. The van der Waals surface area contributed by atoms with E-state index in [9.17, 15) is 0 Å². The van der Waals surface area contributed by atoms with E-state index in [0.717, 1.165) is 16.5 Å². The van der Waals surface area contributed by atoms with Gasteiger partial charge >= 0.3 is 0 Å². The summed E-state index contributed by atoms with van der Waals surface area (Å²) in [5.41, 5.74) is 1.49. The molecule has 96 valence electrons. The number of furan rings is 1. The number of rotatable bonds is 4. The Balaban J connectivity index is 2.41. The topological polar surface area (TPSA) is 25.2 Å². The lowest BCUT2D eigenvalue weighted by molar-refractivity contribution is 0.575. The van der Waals surface area contributed by atoms with Crippen LogP contribution in [0.2, 0.25) is 0 Å². The number of alkyl halides is 3. The normalized spacial score (nSPS) is 15.5. The van der Waals surface area contributed by atoms with Gasteiger partial charge in [0.25, 0.3) is 0 Å². The molecule has 0 fully saturated rings. The summed E-state index contributed by atoms with van der Waals surface area (Å²) in [5, 5.41) is 3.84. The standard InChI is InChI=1S/C12H10B2Cl3NO/c13-6-18-11(14)10(12(15,16)17)8-2-1-7-3-4-19-9(7)5-8/h1-5,10-11,18H,6H2. The Kier molecular flexibility index (Phi) is 4.78. The molecule has 4 radical (unpaired) electrons. The predicted octanol–water partition coefficient (Wildman–Crippen LogP) is 3.10. The average molecular weight is 312 g/mol. The van der Waals surface area contributed by atoms with Gasteiger partial charge < -0.3 is 9.73 Å². The first kappa shape index (κ1) is 15.1. The maximum Gasteiger partial charge on any atom is 0.198 e. The van der Waals surface area contributed by atoms with Crippen molar-refractivity contribution in [2.75, 3.05) is 6.44 Å². The highest BCUT2D eigenvalue weighted by molar-refractivity contribution is 6.68. The van der Waals surface area contributed by atoms with Gasteiger partial charge in [-0.2, -0.15) is 0 Å². The molecule has 0 bridgehead atoms. The smallest absolute Gasteiger partial charge is 0.198 e. The Morgan fingerprint density at radius 2 is 2.00 bits per heavy atom. The van der Waals surface area contributed by atoms with Crippen molar-refractivity contribution >= 4 is 61.5 Å². The van der Waals surface area contributed by atoms with Gasteiger partial charge in [-0.1, -0.05) is 46.9 Å². The summed E-state index contributed by atoms with van der Waals surface area (Å²) in [6.07, 6.45) is 1.80. The van der Waals surface area contributed by atoms with Crippen molar-refractivity contribution in [2.24, 2.45) is 0 Å². The second-order valence-electron chi connectivity index (χ2n) is 4.17. The molecular weight excluding hydrogens is 302 g/mol. The lowest BCUT2D eigenvalue weighted by atomic mass is 9.79. The fourth-order valence-corrected chi connectivity index (χ4v) is 2.80. The summed E-state index contributed by atoms with van der Waals surface area (Å²) in [6, 6.07) is 7.44. The number of hydrogen-bond donors (Lipinski definition) is 1. The van der Waals surface area contributed by atoms with Gasteiger partial charge in [-0.05, 0) is 30.1 Å². The van der Waals surface area contributed by atoms with Crippen molar-refractivity contribution in [1.29, 1.82) is 0 Å². The molecule has 1 heterocycles. The molecule has 0 amide bonds. The first-order valence-corrected chi connectivity index (χ1v) is 6.80. The quantitative estimate of drug-likeness (QED) is 0.693. The molecule has 0 aliphatic carbocycles. The molecule has 0 spiro atoms. The Bertz CT molecular complexity index is 555. The number of halogens is 3. The molecular formula is C12H10B2Cl3NO. The zero-order valence-corrected chi connectivity index (χ0v) is 12.2. The molecule has 1 N–H and O–H groups in total. The van der Waals surface area contributed by atoms with Crippen molar-refractivity contribution < 1.29 is 4.42 Å². The number of fused-ring (bicyclic) bond motifs is 1. The Hall–Kier alpha value is -0.280. The van der Waals surface area contributed by atoms with Crippen LogP contribution in [-0.2, 0) is 0 Å². The van der Waals surface area contributed by atoms with Crippen LogP contribution in [0.4, 0.5) is 0 Å². The molecule has 0 saturated heterocycles. The van der Waals surface area contributed by atoms with Crippen LogP contribution in [0.25, 0.3) is 11.0 Å². The largest absolute Gasteiger partial charge is 0.464 e. The van der Waals surface area contributed by atoms with E-state index in [1.54, 1.807) is 6.26 Å². The van der Waals surface area contributed by atoms with Crippen molar-refractivity contribution in [3.8, 4) is 0 Å². The minimum atomic E-state index is -1.55. The Morgan fingerprint density at radius 1 is 1.26 bits per heavy atom. The monoisotopic (exact) mass is 311 g/mol. The molecule has 2 atom stereocenters. The van der Waals surface area contributed by atoms with Gasteiger partial charge in [0.05, 0.1) is 22.0 Å². The maximum absolute atomic E-state index is 6.03. The van der Waals surface area contributed by atoms with Gasteiger partial charge in [0.2, 0.25) is 0 Å². The van der Waals surface area contributed by atoms with Crippen molar-refractivity contribution in [1.82, 2.24) is 5.32 Å². The van der Waals surface area contributed by atoms with Crippen LogP contribution in [0.1, 0.15) is 11.5 Å². The van der Waals surface area contributed by atoms with Crippen LogP contribution in [-0.4, -0.2) is 31.9 Å². The minimum absolute atomic E-state index is 0.196. The zero-order valence-electron chi connectivity index (χ0n) is 9.95. The van der Waals surface area contributed by atoms with E-state index in [0.29, 0.717) is 0 Å². The highest BCUT2D eigenvalue weighted by atomic mass is 35.6. The van der Waals surface area contributed by atoms with Crippen LogP contribution >= 0.6 is 34.8 Å². The van der Waals surface area contributed by atoms with Gasteiger partial charge in [-0.15, -0.1) is 0 Å². The predicted molar refractivity (Wildman–Crippen MR) is 82.5 cm³/mol. The number of nitrogens with one attached hydrogen (secondary N) is 1. The SMILES string of the molecule is [B]CNC([B])C(c1ccc2ccoc2c1)C(Cl)(Cl)Cl. The van der Waals surface area contributed by atoms with Gasteiger partial charge in [0, 0.05) is 11.3 Å². The molecule has 0 aliphatic heterocycles. The second kappa shape index (κ2) is 6.01. The third-order valence-corrected chi connectivity index (χ3v) is 3.61. The third-order valence-electron chi connectivity index (χ3n) is 2.90. The molecule has 2 aromatic rings. The van der Waals surface area contributed by atoms with E-state index in [1.807, 2.05) is 24.3 Å². The molecule has 0 saturated carbocycles. The highest BCUT2D eigenvalue weighted by Gasteiger charge is 2.37. The van der Waals surface area contributed by atoms with E-state index in [4.69, 9.17) is 54.9 Å². The first-order chi connectivity index (χ1) is 8.93. The van der Waals surface area contributed by atoms with E-state index in [-0.39, 0.29) is 6.44 Å². The van der Waals surface area contributed by atoms with Gasteiger partial charge in [-0.25, -0.2) is 0 Å². The summed E-state index contributed by atoms with van der Waals surface area (Å²) in [7, 11) is 11.4. The molecule has 1 aromatic heterocycles. The van der Waals surface area contributed by atoms with Crippen LogP contribution in [0.3, 0.4) is 0 Å². The summed E-state index contributed by atoms with van der Waals surface area (Å²) in [4.78, 5) is 0. The van der Waals surface area contributed by atoms with E-state index in [2.05, 4.69) is 5.32 Å². The summed E-state index contributed by atoms with van der Waals surface area (Å²) in [6.45, 7) is 0. The highest BCUT2D eigenvalue weighted by Crippen LogP contribution is 2.43. The molecule has 2 rings (SSSR count). The van der Waals surface area contributed by atoms with E-state index >= 15 is 0 Å². The fourth-order valence-electron chi connectivity index (χ4n) is 2.02. The summed E-state index contributed by atoms with van der Waals surface area (Å²) < 4.78 is 3.79. The van der Waals surface area contributed by atoms with Crippen LogP contribution in [0.5, 0.6) is 0 Å². The molecule has 2 unspecified atom stereocenters. The lowest BCUT2D eigenvalue weighted by Crippen LogP contribution is -2.41. The molecule has 1 aromatic carbocycles. The van der Waals surface area contributed by atoms with E-state index < -0.39 is 15.7 Å². The summed E-state index contributed by atoms with van der Waals surface area (Å²) >= 11 is 18.1. The number of hydrogen-bond acceptors (Lipinski definition) is 2. The van der Waals surface area contributed by atoms with Crippen molar-refractivity contribution in [2.45, 2.75) is 15.7 Å². The maximum atomic E-state index is 6.03. The molecule has 7 heteroatoms. The van der Waals surface area contributed by atoms with Gasteiger partial charge in [0.1, 0.15) is 5.58 Å². The van der Waals surface area contributed by atoms with Gasteiger partial charge in [-0.3, -0.25) is 0 Å². The third kappa shape index (κ3) is 3.43. The van der Waals surface area contributed by atoms with E-state index in [1.165, 1.54) is 0 Å². The molecule has 2 nitrogen and oxygen atoms in total. The van der Waals surface area contributed by atoms with Gasteiger partial charge in [0.15, 0.2) is 3.79 Å². The second-order valence-corrected chi connectivity index (χ2v) is 6.54. The molecule has 0 aliphatic rings. The van der Waals surface area contributed by atoms with Crippen molar-refractivity contribution in [3.05, 3.63) is 36.1 Å². The van der Waals surface area contributed by atoms with Crippen LogP contribution < -0.4 is 5.32 Å². The summed E-state index contributed by atoms with van der Waals surface area (Å²) in [5.74, 6) is -1.12. The van der Waals surface area contributed by atoms with Crippen LogP contribution in [0, 0.1) is 0 Å². The van der Waals surface area contributed by atoms with Crippen molar-refractivity contribution in [3.63, 3.8) is 0 Å². The molecule has 19 heavy (non-hydrogen) atoms. The van der Waals surface area contributed by atoms with Crippen LogP contribution in [0.15, 0.2) is 34.9 Å². The number of benzene rings is 1. The lowest BCUT2D eigenvalue weighted by Gasteiger charge is -2.31. The fraction of sp³-hybridized carbons (Fsp3) is 0.333. The minimum Gasteiger partial charge on any atom is -0.464 e. The Morgan fingerprint density at radius 3 is 2.63 bits per heavy atom.